The van der Waals surface area contributed by atoms with Crippen molar-refractivity contribution < 1.29 is 22.7 Å². The molecule has 10 heteroatoms. The third-order valence-corrected chi connectivity index (χ3v) is 5.21. The highest BCUT2D eigenvalue weighted by molar-refractivity contribution is 7.15. The lowest BCUT2D eigenvalue weighted by Crippen LogP contribution is -2.50. The average molecular weight is 406 g/mol. The van der Waals surface area contributed by atoms with E-state index in [0.29, 0.717) is 53.4 Å². The van der Waals surface area contributed by atoms with Crippen LogP contribution in [0.4, 0.5) is 18.3 Å². The highest BCUT2D eigenvalue weighted by atomic mass is 35.5. The number of aromatic nitrogens is 1. The van der Waals surface area contributed by atoms with Crippen molar-refractivity contribution in [1.82, 2.24) is 9.88 Å². The van der Waals surface area contributed by atoms with Crippen LogP contribution in [0.25, 0.3) is 0 Å². The quantitative estimate of drug-likeness (QED) is 0.780. The van der Waals surface area contributed by atoms with Gasteiger partial charge in [-0.2, -0.15) is 13.2 Å². The fourth-order valence-electron chi connectivity index (χ4n) is 2.46. The summed E-state index contributed by atoms with van der Waals surface area (Å²) in [7, 11) is 0. The molecule has 1 aromatic carbocycles. The van der Waals surface area contributed by atoms with E-state index in [1.54, 1.807) is 34.1 Å². The molecule has 1 saturated heterocycles. The van der Waals surface area contributed by atoms with Crippen LogP contribution in [0.2, 0.25) is 5.02 Å². The smallest absolute Gasteiger partial charge is 0.427 e. The maximum absolute atomic E-state index is 12.7. The van der Waals surface area contributed by atoms with Crippen LogP contribution in [0.15, 0.2) is 30.5 Å². The predicted molar refractivity (Wildman–Crippen MR) is 92.9 cm³/mol. The summed E-state index contributed by atoms with van der Waals surface area (Å²) in [6, 6.07) is 6.69. The summed E-state index contributed by atoms with van der Waals surface area (Å²) in [6.45, 7) is 1.57. The van der Waals surface area contributed by atoms with Gasteiger partial charge in [-0.3, -0.25) is 4.79 Å². The molecule has 2 aromatic rings. The molecule has 0 saturated carbocycles. The van der Waals surface area contributed by atoms with Crippen LogP contribution in [0, 0.1) is 0 Å². The number of piperazine rings is 1. The number of nitrogens with zero attached hydrogens (tertiary/aromatic N) is 3. The molecule has 1 amide bonds. The van der Waals surface area contributed by atoms with Gasteiger partial charge in [0.2, 0.25) is 0 Å². The molecular weight excluding hydrogens is 391 g/mol. The molecule has 3 rings (SSSR count). The summed E-state index contributed by atoms with van der Waals surface area (Å²) in [6.07, 6.45) is -3.54. The van der Waals surface area contributed by atoms with E-state index < -0.39 is 11.1 Å². The zero-order valence-electron chi connectivity index (χ0n) is 13.5. The molecule has 0 bridgehead atoms. The number of anilines is 1. The van der Waals surface area contributed by atoms with Gasteiger partial charge >= 0.3 is 6.18 Å². The number of hydrogen-bond donors (Lipinski definition) is 0. The van der Waals surface area contributed by atoms with Gasteiger partial charge < -0.3 is 14.5 Å². The second-order valence-electron chi connectivity index (χ2n) is 5.62. The molecule has 1 aliphatic heterocycles. The van der Waals surface area contributed by atoms with Crippen molar-refractivity contribution in [3.8, 4) is 5.75 Å². The maximum atomic E-state index is 12.7. The monoisotopic (exact) mass is 405 g/mol. The van der Waals surface area contributed by atoms with Crippen molar-refractivity contribution >= 4 is 34.0 Å². The van der Waals surface area contributed by atoms with Crippen LogP contribution in [-0.2, 0) is 11.0 Å². The van der Waals surface area contributed by atoms with Crippen molar-refractivity contribution in [2.75, 3.05) is 37.7 Å². The van der Waals surface area contributed by atoms with Gasteiger partial charge in [0.15, 0.2) is 11.7 Å². The molecule has 1 aromatic heterocycles. The first-order chi connectivity index (χ1) is 12.3. The Morgan fingerprint density at radius 2 is 1.85 bits per heavy atom. The lowest BCUT2D eigenvalue weighted by Gasteiger charge is -2.34. The lowest BCUT2D eigenvalue weighted by atomic mass is 10.3. The van der Waals surface area contributed by atoms with Gasteiger partial charge in [0, 0.05) is 31.2 Å². The first-order valence-electron chi connectivity index (χ1n) is 7.77. The minimum absolute atomic E-state index is 0.100. The number of alkyl halides is 3. The number of carbonyl (C=O) groups is 1. The zero-order valence-corrected chi connectivity index (χ0v) is 15.1. The van der Waals surface area contributed by atoms with Crippen molar-refractivity contribution in [2.45, 2.75) is 6.18 Å². The lowest BCUT2D eigenvalue weighted by molar-refractivity contribution is -0.134. The summed E-state index contributed by atoms with van der Waals surface area (Å²) in [5.74, 6) is 0.374. The van der Waals surface area contributed by atoms with Crippen molar-refractivity contribution in [3.63, 3.8) is 0 Å². The number of carbonyl (C=O) groups excluding carboxylic acids is 1. The third kappa shape index (κ3) is 4.59. The third-order valence-electron chi connectivity index (χ3n) is 3.85. The molecule has 0 atom stereocenters. The van der Waals surface area contributed by atoms with Gasteiger partial charge in [-0.25, -0.2) is 4.98 Å². The molecule has 0 radical (unpaired) electrons. The van der Waals surface area contributed by atoms with Crippen LogP contribution in [0.1, 0.15) is 4.88 Å². The number of hydrogen-bond acceptors (Lipinski definition) is 5. The second kappa shape index (κ2) is 7.71. The summed E-state index contributed by atoms with van der Waals surface area (Å²) >= 11 is 6.40. The minimum atomic E-state index is -4.38. The van der Waals surface area contributed by atoms with E-state index in [-0.39, 0.29) is 12.5 Å². The molecule has 0 N–H and O–H groups in total. The Morgan fingerprint density at radius 1 is 1.19 bits per heavy atom. The van der Waals surface area contributed by atoms with Gasteiger partial charge in [-0.15, -0.1) is 0 Å². The highest BCUT2D eigenvalue weighted by Gasteiger charge is 2.34. The maximum Gasteiger partial charge on any atom is 0.427 e. The number of ether oxygens (including phenoxy) is 1. The van der Waals surface area contributed by atoms with E-state index in [4.69, 9.17) is 16.3 Å². The fraction of sp³-hybridized carbons (Fsp3) is 0.375. The molecule has 0 aliphatic carbocycles. The van der Waals surface area contributed by atoms with Gasteiger partial charge in [-0.1, -0.05) is 22.9 Å². The molecule has 0 spiro atoms. The largest absolute Gasteiger partial charge is 0.484 e. The van der Waals surface area contributed by atoms with Crippen LogP contribution in [-0.4, -0.2) is 48.6 Å². The SMILES string of the molecule is O=C(COc1ccc(Cl)cc1)N1CCN(c2ncc(C(F)(F)F)s2)CC1. The van der Waals surface area contributed by atoms with E-state index in [0.717, 1.165) is 6.20 Å². The van der Waals surface area contributed by atoms with Crippen LogP contribution in [0.3, 0.4) is 0 Å². The molecule has 0 unspecified atom stereocenters. The number of benzene rings is 1. The highest BCUT2D eigenvalue weighted by Crippen LogP contribution is 2.36. The van der Waals surface area contributed by atoms with Gasteiger partial charge in [0.25, 0.3) is 5.91 Å². The van der Waals surface area contributed by atoms with Gasteiger partial charge in [0.1, 0.15) is 10.6 Å². The average Bonchev–Trinajstić information content (AvgIpc) is 3.12. The van der Waals surface area contributed by atoms with E-state index in [1.165, 1.54) is 0 Å². The van der Waals surface area contributed by atoms with Crippen molar-refractivity contribution in [3.05, 3.63) is 40.4 Å². The summed E-state index contributed by atoms with van der Waals surface area (Å²) < 4.78 is 43.4. The van der Waals surface area contributed by atoms with Crippen molar-refractivity contribution in [1.29, 1.82) is 0 Å². The molecule has 5 nitrogen and oxygen atoms in total. The topological polar surface area (TPSA) is 45.7 Å². The Labute approximate surface area is 156 Å². The summed E-state index contributed by atoms with van der Waals surface area (Å²) in [4.78, 5) is 18.7. The summed E-state index contributed by atoms with van der Waals surface area (Å²) in [5, 5.41) is 0.900. The Morgan fingerprint density at radius 3 is 2.42 bits per heavy atom. The van der Waals surface area contributed by atoms with E-state index in [9.17, 15) is 18.0 Å². The standard InChI is InChI=1S/C16H15ClF3N3O2S/c17-11-1-3-12(4-2-11)25-10-14(24)22-5-7-23(8-6-22)15-21-9-13(26-15)16(18,19)20/h1-4,9H,5-8,10H2. The molecule has 1 fully saturated rings. The zero-order chi connectivity index (χ0) is 18.7. The van der Waals surface area contributed by atoms with Crippen LogP contribution in [0.5, 0.6) is 5.75 Å². The number of thiazole rings is 1. The van der Waals surface area contributed by atoms with E-state index in [1.807, 2.05) is 0 Å². The molecule has 1 aliphatic rings. The molecule has 2 heterocycles. The van der Waals surface area contributed by atoms with Crippen LogP contribution >= 0.6 is 22.9 Å². The second-order valence-corrected chi connectivity index (χ2v) is 7.06. The Kier molecular flexibility index (Phi) is 5.57. The van der Waals surface area contributed by atoms with E-state index in [2.05, 4.69) is 4.98 Å². The molecule has 140 valence electrons. The Balaban J connectivity index is 1.49. The Hall–Kier alpha value is -2.00. The first kappa shape index (κ1) is 18.8. The van der Waals surface area contributed by atoms with Gasteiger partial charge in [0.05, 0.1) is 6.20 Å². The number of halogens is 4. The van der Waals surface area contributed by atoms with Crippen LogP contribution < -0.4 is 9.64 Å². The minimum Gasteiger partial charge on any atom is -0.484 e. The fourth-order valence-corrected chi connectivity index (χ4v) is 3.42. The van der Waals surface area contributed by atoms with Gasteiger partial charge in [-0.05, 0) is 24.3 Å². The first-order valence-corrected chi connectivity index (χ1v) is 8.96. The predicted octanol–water partition coefficient (Wildman–Crippen LogP) is 3.54. The molecular formula is C16H15ClF3N3O2S. The normalized spacial score (nSPS) is 15.2. The number of amides is 1. The molecule has 26 heavy (non-hydrogen) atoms. The number of rotatable bonds is 4. The van der Waals surface area contributed by atoms with Crippen molar-refractivity contribution in [2.24, 2.45) is 0 Å². The van der Waals surface area contributed by atoms with E-state index >= 15 is 0 Å². The summed E-state index contributed by atoms with van der Waals surface area (Å²) in [5.41, 5.74) is 0. The Bertz CT molecular complexity index is 759.